The highest BCUT2D eigenvalue weighted by Gasteiger charge is 2.12. The fraction of sp³-hybridized carbons (Fsp3) is 0.278. The normalized spacial score (nSPS) is 10.1. The summed E-state index contributed by atoms with van der Waals surface area (Å²) in [5.74, 6) is 1.56. The van der Waals surface area contributed by atoms with Gasteiger partial charge < -0.3 is 18.9 Å². The number of carbonyl (C=O) groups is 1. The molecule has 0 spiro atoms. The lowest BCUT2D eigenvalue weighted by Gasteiger charge is -2.13. The van der Waals surface area contributed by atoms with Crippen LogP contribution in [-0.2, 0) is 11.3 Å². The van der Waals surface area contributed by atoms with E-state index in [2.05, 4.69) is 0 Å². The summed E-state index contributed by atoms with van der Waals surface area (Å²) >= 11 is 0. The summed E-state index contributed by atoms with van der Waals surface area (Å²) in [5.41, 5.74) is 2.30. The van der Waals surface area contributed by atoms with Crippen LogP contribution in [-0.4, -0.2) is 27.3 Å². The number of carbonyl (C=O) groups excluding carboxylic acids is 1. The maximum absolute atomic E-state index is 12.1. The Bertz CT molecular complexity index is 677. The van der Waals surface area contributed by atoms with Crippen LogP contribution in [0.3, 0.4) is 0 Å². The summed E-state index contributed by atoms with van der Waals surface area (Å²) in [6.45, 7) is 2.09. The van der Waals surface area contributed by atoms with E-state index >= 15 is 0 Å². The molecule has 0 radical (unpaired) electrons. The predicted octanol–water partition coefficient (Wildman–Crippen LogP) is 3.38. The van der Waals surface area contributed by atoms with Gasteiger partial charge in [-0.1, -0.05) is 0 Å². The molecular formula is C18H20O5. The van der Waals surface area contributed by atoms with E-state index in [9.17, 15) is 4.79 Å². The zero-order valence-corrected chi connectivity index (χ0v) is 13.7. The van der Waals surface area contributed by atoms with E-state index in [4.69, 9.17) is 18.9 Å². The fourth-order valence-corrected chi connectivity index (χ4v) is 2.13. The van der Waals surface area contributed by atoms with Gasteiger partial charge in [-0.3, -0.25) is 0 Å². The third-order valence-electron chi connectivity index (χ3n) is 3.53. The molecule has 2 aromatic carbocycles. The maximum atomic E-state index is 12.1. The summed E-state index contributed by atoms with van der Waals surface area (Å²) in [5, 5.41) is 0. The SMILES string of the molecule is COc1ccc(C(=O)OCc2cc(OC)c(OC)cc2C)cc1. The van der Waals surface area contributed by atoms with Crippen molar-refractivity contribution in [2.45, 2.75) is 13.5 Å². The number of hydrogen-bond acceptors (Lipinski definition) is 5. The lowest BCUT2D eigenvalue weighted by molar-refractivity contribution is 0.0472. The smallest absolute Gasteiger partial charge is 0.338 e. The van der Waals surface area contributed by atoms with Crippen LogP contribution in [0.1, 0.15) is 21.5 Å². The van der Waals surface area contributed by atoms with Gasteiger partial charge in [0.15, 0.2) is 11.5 Å². The van der Waals surface area contributed by atoms with Gasteiger partial charge >= 0.3 is 5.97 Å². The Hall–Kier alpha value is -2.69. The quantitative estimate of drug-likeness (QED) is 0.765. The number of rotatable bonds is 6. The summed E-state index contributed by atoms with van der Waals surface area (Å²) in [6.07, 6.45) is 0. The standard InChI is InChI=1S/C18H20O5/c1-12-9-16(21-3)17(22-4)10-14(12)11-23-18(19)13-5-7-15(20-2)8-6-13/h5-10H,11H2,1-4H3. The molecule has 0 atom stereocenters. The van der Waals surface area contributed by atoms with Crippen LogP contribution in [0.2, 0.25) is 0 Å². The zero-order chi connectivity index (χ0) is 16.8. The molecule has 5 heteroatoms. The number of hydrogen-bond donors (Lipinski definition) is 0. The molecule has 0 aromatic heterocycles. The Morgan fingerprint density at radius 3 is 2.09 bits per heavy atom. The summed E-state index contributed by atoms with van der Waals surface area (Å²) < 4.78 is 20.9. The van der Waals surface area contributed by atoms with Crippen molar-refractivity contribution in [1.29, 1.82) is 0 Å². The molecule has 0 aliphatic rings. The fourth-order valence-electron chi connectivity index (χ4n) is 2.13. The van der Waals surface area contributed by atoms with Gasteiger partial charge in [-0.15, -0.1) is 0 Å². The van der Waals surface area contributed by atoms with Crippen LogP contribution in [0.4, 0.5) is 0 Å². The molecule has 5 nitrogen and oxygen atoms in total. The van der Waals surface area contributed by atoms with Gasteiger partial charge in [0.25, 0.3) is 0 Å². The number of benzene rings is 2. The molecule has 0 saturated heterocycles. The average Bonchev–Trinajstić information content (AvgIpc) is 2.60. The summed E-state index contributed by atoms with van der Waals surface area (Å²) in [6, 6.07) is 10.5. The average molecular weight is 316 g/mol. The molecular weight excluding hydrogens is 296 g/mol. The second-order valence-corrected chi connectivity index (χ2v) is 4.94. The minimum atomic E-state index is -0.387. The maximum Gasteiger partial charge on any atom is 0.338 e. The van der Waals surface area contributed by atoms with Crippen molar-refractivity contribution in [3.05, 3.63) is 53.1 Å². The molecule has 0 bridgehead atoms. The Balaban J connectivity index is 2.09. The summed E-state index contributed by atoms with van der Waals surface area (Å²) in [7, 11) is 4.73. The molecule has 2 aromatic rings. The van der Waals surface area contributed by atoms with Crippen molar-refractivity contribution in [2.24, 2.45) is 0 Å². The first-order valence-electron chi connectivity index (χ1n) is 7.11. The Morgan fingerprint density at radius 2 is 1.52 bits per heavy atom. The molecule has 0 aliphatic heterocycles. The first-order valence-corrected chi connectivity index (χ1v) is 7.11. The van der Waals surface area contributed by atoms with Crippen molar-refractivity contribution in [3.8, 4) is 17.2 Å². The minimum Gasteiger partial charge on any atom is -0.497 e. The zero-order valence-electron chi connectivity index (χ0n) is 13.7. The van der Waals surface area contributed by atoms with E-state index in [1.54, 1.807) is 45.6 Å². The second-order valence-electron chi connectivity index (χ2n) is 4.94. The minimum absolute atomic E-state index is 0.164. The molecule has 0 saturated carbocycles. The third-order valence-corrected chi connectivity index (χ3v) is 3.53. The van der Waals surface area contributed by atoms with Crippen LogP contribution >= 0.6 is 0 Å². The number of aryl methyl sites for hydroxylation is 1. The van der Waals surface area contributed by atoms with Crippen LogP contribution in [0.25, 0.3) is 0 Å². The monoisotopic (exact) mass is 316 g/mol. The largest absolute Gasteiger partial charge is 0.497 e. The van der Waals surface area contributed by atoms with Gasteiger partial charge in [0.05, 0.1) is 26.9 Å². The van der Waals surface area contributed by atoms with E-state index in [1.807, 2.05) is 19.1 Å². The Labute approximate surface area is 135 Å². The lowest BCUT2D eigenvalue weighted by atomic mass is 10.1. The molecule has 0 amide bonds. The molecule has 0 fully saturated rings. The second kappa shape index (κ2) is 7.54. The van der Waals surface area contributed by atoms with Gasteiger partial charge in [-0.2, -0.15) is 0 Å². The first kappa shape index (κ1) is 16.7. The van der Waals surface area contributed by atoms with Crippen LogP contribution < -0.4 is 14.2 Å². The highest BCUT2D eigenvalue weighted by Crippen LogP contribution is 2.30. The van der Waals surface area contributed by atoms with E-state index in [0.29, 0.717) is 22.8 Å². The van der Waals surface area contributed by atoms with Crippen molar-refractivity contribution >= 4 is 5.97 Å². The van der Waals surface area contributed by atoms with E-state index < -0.39 is 0 Å². The topological polar surface area (TPSA) is 54.0 Å². The van der Waals surface area contributed by atoms with Gasteiger partial charge in [-0.25, -0.2) is 4.79 Å². The molecule has 0 heterocycles. The van der Waals surface area contributed by atoms with Crippen molar-refractivity contribution in [2.75, 3.05) is 21.3 Å². The first-order chi connectivity index (χ1) is 11.1. The lowest BCUT2D eigenvalue weighted by Crippen LogP contribution is -2.06. The van der Waals surface area contributed by atoms with Gasteiger partial charge in [0, 0.05) is 0 Å². The van der Waals surface area contributed by atoms with Crippen LogP contribution in [0.5, 0.6) is 17.2 Å². The highest BCUT2D eigenvalue weighted by molar-refractivity contribution is 5.89. The molecule has 0 unspecified atom stereocenters. The Kier molecular flexibility index (Phi) is 5.46. The molecule has 0 N–H and O–H groups in total. The predicted molar refractivity (Wildman–Crippen MR) is 86.4 cm³/mol. The van der Waals surface area contributed by atoms with Gasteiger partial charge in [0.2, 0.25) is 0 Å². The highest BCUT2D eigenvalue weighted by atomic mass is 16.5. The van der Waals surface area contributed by atoms with Crippen LogP contribution in [0.15, 0.2) is 36.4 Å². The van der Waals surface area contributed by atoms with E-state index in [1.165, 1.54) is 0 Å². The van der Waals surface area contributed by atoms with Gasteiger partial charge in [0.1, 0.15) is 12.4 Å². The number of methoxy groups -OCH3 is 3. The molecule has 122 valence electrons. The van der Waals surface area contributed by atoms with E-state index in [-0.39, 0.29) is 12.6 Å². The summed E-state index contributed by atoms with van der Waals surface area (Å²) in [4.78, 5) is 12.1. The number of esters is 1. The third kappa shape index (κ3) is 3.94. The van der Waals surface area contributed by atoms with Crippen molar-refractivity contribution < 1.29 is 23.7 Å². The molecule has 23 heavy (non-hydrogen) atoms. The van der Waals surface area contributed by atoms with Crippen LogP contribution in [0, 0.1) is 6.92 Å². The molecule has 2 rings (SSSR count). The number of ether oxygens (including phenoxy) is 4. The van der Waals surface area contributed by atoms with Crippen molar-refractivity contribution in [3.63, 3.8) is 0 Å². The van der Waals surface area contributed by atoms with E-state index in [0.717, 1.165) is 11.1 Å². The van der Waals surface area contributed by atoms with Gasteiger partial charge in [-0.05, 0) is 54.4 Å². The molecule has 0 aliphatic carbocycles. The van der Waals surface area contributed by atoms with Crippen molar-refractivity contribution in [1.82, 2.24) is 0 Å². The Morgan fingerprint density at radius 1 is 0.913 bits per heavy atom.